The summed E-state index contributed by atoms with van der Waals surface area (Å²) in [7, 11) is 1.42. The van der Waals surface area contributed by atoms with Crippen LogP contribution in [-0.4, -0.2) is 43.4 Å². The average Bonchev–Trinajstić information content (AvgIpc) is 3.33. The van der Waals surface area contributed by atoms with Crippen molar-refractivity contribution in [2.45, 2.75) is 44.2 Å². The standard InChI is InChI=1S/C21H19F6N5O/c1-30(11-17-28-7-8-31(17)12-20(22,23)24)19(33)16-10-29-32(18(16)13-5-6-13)15-4-2-3-14(9-15)21(25,26)27/h2-4,7-10,13H,5-6,11-12H2,1H3. The molecule has 1 aliphatic carbocycles. The minimum absolute atomic E-state index is 0.0402. The largest absolute Gasteiger partial charge is 0.416 e. The van der Waals surface area contributed by atoms with Gasteiger partial charge in [-0.25, -0.2) is 9.67 Å². The second-order valence-corrected chi connectivity index (χ2v) is 7.93. The van der Waals surface area contributed by atoms with Crippen molar-refractivity contribution in [2.24, 2.45) is 0 Å². The zero-order valence-electron chi connectivity index (χ0n) is 17.4. The maximum Gasteiger partial charge on any atom is 0.416 e. The van der Waals surface area contributed by atoms with Crippen LogP contribution >= 0.6 is 0 Å². The van der Waals surface area contributed by atoms with Gasteiger partial charge in [0.15, 0.2) is 0 Å². The van der Waals surface area contributed by atoms with Crippen LogP contribution in [0.2, 0.25) is 0 Å². The summed E-state index contributed by atoms with van der Waals surface area (Å²) in [5, 5.41) is 4.17. The zero-order valence-corrected chi connectivity index (χ0v) is 17.4. The number of hydrogen-bond donors (Lipinski definition) is 0. The van der Waals surface area contributed by atoms with Gasteiger partial charge in [-0.15, -0.1) is 0 Å². The summed E-state index contributed by atoms with van der Waals surface area (Å²) in [6.45, 7) is -1.41. The summed E-state index contributed by atoms with van der Waals surface area (Å²) >= 11 is 0. The first-order valence-electron chi connectivity index (χ1n) is 10.0. The van der Waals surface area contributed by atoms with Crippen molar-refractivity contribution in [3.8, 4) is 5.69 Å². The third-order valence-corrected chi connectivity index (χ3v) is 5.30. The maximum absolute atomic E-state index is 13.1. The molecule has 0 unspecified atom stereocenters. The third kappa shape index (κ3) is 5.04. The molecule has 6 nitrogen and oxygen atoms in total. The van der Waals surface area contributed by atoms with Crippen LogP contribution in [-0.2, 0) is 19.3 Å². The first-order chi connectivity index (χ1) is 15.4. The predicted molar refractivity (Wildman–Crippen MR) is 105 cm³/mol. The Morgan fingerprint density at radius 3 is 2.55 bits per heavy atom. The van der Waals surface area contributed by atoms with Gasteiger partial charge in [0.2, 0.25) is 0 Å². The molecule has 12 heteroatoms. The Balaban J connectivity index is 1.61. The van der Waals surface area contributed by atoms with Crippen LogP contribution in [0.3, 0.4) is 0 Å². The van der Waals surface area contributed by atoms with Gasteiger partial charge < -0.3 is 9.47 Å². The second kappa shape index (κ2) is 8.23. The van der Waals surface area contributed by atoms with E-state index in [-0.39, 0.29) is 29.5 Å². The van der Waals surface area contributed by atoms with Gasteiger partial charge in [-0.3, -0.25) is 4.79 Å². The Morgan fingerprint density at radius 2 is 1.91 bits per heavy atom. The molecule has 2 heterocycles. The fraction of sp³-hybridized carbons (Fsp3) is 0.381. The lowest BCUT2D eigenvalue weighted by atomic mass is 10.1. The Labute approximate surface area is 184 Å². The number of amides is 1. The summed E-state index contributed by atoms with van der Waals surface area (Å²) in [6, 6.07) is 4.65. The molecule has 1 saturated carbocycles. The molecule has 33 heavy (non-hydrogen) atoms. The summed E-state index contributed by atoms with van der Waals surface area (Å²) in [4.78, 5) is 18.3. The number of hydrogen-bond acceptors (Lipinski definition) is 3. The molecule has 176 valence electrons. The fourth-order valence-corrected chi connectivity index (χ4v) is 3.61. The molecule has 0 bridgehead atoms. The summed E-state index contributed by atoms with van der Waals surface area (Å²) < 4.78 is 80.0. The topological polar surface area (TPSA) is 56.0 Å². The molecular formula is C21H19F6N5O. The molecule has 0 radical (unpaired) electrons. The SMILES string of the molecule is CN(Cc1nccn1CC(F)(F)F)C(=O)c1cnn(-c2cccc(C(F)(F)F)c2)c1C1CC1. The lowest BCUT2D eigenvalue weighted by Gasteiger charge is -2.19. The first-order valence-corrected chi connectivity index (χ1v) is 10.0. The van der Waals surface area contributed by atoms with Gasteiger partial charge in [0.1, 0.15) is 12.4 Å². The van der Waals surface area contributed by atoms with E-state index in [9.17, 15) is 31.1 Å². The minimum atomic E-state index is -4.53. The van der Waals surface area contributed by atoms with Crippen LogP contribution in [0.5, 0.6) is 0 Å². The van der Waals surface area contributed by atoms with Crippen molar-refractivity contribution in [3.63, 3.8) is 0 Å². The quantitative estimate of drug-likeness (QED) is 0.486. The van der Waals surface area contributed by atoms with Crippen LogP contribution in [0, 0.1) is 0 Å². The fourth-order valence-electron chi connectivity index (χ4n) is 3.61. The van der Waals surface area contributed by atoms with Crippen molar-refractivity contribution in [3.05, 3.63) is 65.5 Å². The smallest absolute Gasteiger partial charge is 0.334 e. The lowest BCUT2D eigenvalue weighted by Crippen LogP contribution is -2.29. The van der Waals surface area contributed by atoms with E-state index in [0.717, 1.165) is 29.5 Å². The highest BCUT2D eigenvalue weighted by Gasteiger charge is 2.35. The van der Waals surface area contributed by atoms with Gasteiger partial charge >= 0.3 is 12.4 Å². The number of halogens is 6. The molecule has 1 aliphatic rings. The number of carbonyl (C=O) groups is 1. The minimum Gasteiger partial charge on any atom is -0.334 e. The Kier molecular flexibility index (Phi) is 5.71. The molecule has 1 fully saturated rings. The first kappa shape index (κ1) is 22.9. The van der Waals surface area contributed by atoms with Crippen molar-refractivity contribution in [1.29, 1.82) is 0 Å². The van der Waals surface area contributed by atoms with E-state index in [0.29, 0.717) is 5.69 Å². The van der Waals surface area contributed by atoms with Crippen LogP contribution in [0.1, 0.15) is 46.2 Å². The summed E-state index contributed by atoms with van der Waals surface area (Å²) in [6.07, 6.45) is -3.77. The number of aromatic nitrogens is 4. The molecule has 0 spiro atoms. The van der Waals surface area contributed by atoms with Crippen LogP contribution in [0.4, 0.5) is 26.3 Å². The van der Waals surface area contributed by atoms with Gasteiger partial charge in [0.25, 0.3) is 5.91 Å². The van der Waals surface area contributed by atoms with Crippen molar-refractivity contribution in [1.82, 2.24) is 24.2 Å². The highest BCUT2D eigenvalue weighted by molar-refractivity contribution is 5.95. The molecule has 0 atom stereocenters. The molecule has 0 saturated heterocycles. The number of carbonyl (C=O) groups excluding carboxylic acids is 1. The van der Waals surface area contributed by atoms with Crippen LogP contribution < -0.4 is 0 Å². The van der Waals surface area contributed by atoms with E-state index in [1.165, 1.54) is 47.4 Å². The van der Waals surface area contributed by atoms with Crippen molar-refractivity contribution >= 4 is 5.91 Å². The molecule has 1 amide bonds. The third-order valence-electron chi connectivity index (χ3n) is 5.30. The van der Waals surface area contributed by atoms with Gasteiger partial charge in [0.05, 0.1) is 35.2 Å². The van der Waals surface area contributed by atoms with Crippen molar-refractivity contribution < 1.29 is 31.1 Å². The van der Waals surface area contributed by atoms with E-state index in [2.05, 4.69) is 10.1 Å². The van der Waals surface area contributed by atoms with Gasteiger partial charge in [-0.1, -0.05) is 6.07 Å². The van der Waals surface area contributed by atoms with E-state index in [4.69, 9.17) is 0 Å². The van der Waals surface area contributed by atoms with E-state index in [1.807, 2.05) is 0 Å². The summed E-state index contributed by atoms with van der Waals surface area (Å²) in [5.74, 6) is -0.486. The highest BCUT2D eigenvalue weighted by atomic mass is 19.4. The molecule has 0 aliphatic heterocycles. The summed E-state index contributed by atoms with van der Waals surface area (Å²) in [5.41, 5.74) is 0.0315. The normalized spacial score (nSPS) is 14.5. The van der Waals surface area contributed by atoms with Gasteiger partial charge in [0, 0.05) is 25.4 Å². The molecule has 1 aromatic carbocycles. The zero-order chi connectivity index (χ0) is 24.0. The molecule has 3 aromatic rings. The van der Waals surface area contributed by atoms with E-state index >= 15 is 0 Å². The van der Waals surface area contributed by atoms with Crippen molar-refractivity contribution in [2.75, 3.05) is 7.05 Å². The average molecular weight is 471 g/mol. The predicted octanol–water partition coefficient (Wildman–Crippen LogP) is 4.80. The highest BCUT2D eigenvalue weighted by Crippen LogP contribution is 2.43. The van der Waals surface area contributed by atoms with Gasteiger partial charge in [-0.05, 0) is 31.0 Å². The Morgan fingerprint density at radius 1 is 1.18 bits per heavy atom. The van der Waals surface area contributed by atoms with Crippen LogP contribution in [0.15, 0.2) is 42.9 Å². The lowest BCUT2D eigenvalue weighted by molar-refractivity contribution is -0.141. The Hall–Kier alpha value is -3.31. The maximum atomic E-state index is 13.1. The molecular weight excluding hydrogens is 452 g/mol. The van der Waals surface area contributed by atoms with Gasteiger partial charge in [-0.2, -0.15) is 31.4 Å². The molecule has 4 rings (SSSR count). The Bertz CT molecular complexity index is 1160. The van der Waals surface area contributed by atoms with E-state index < -0.39 is 30.4 Å². The molecule has 0 N–H and O–H groups in total. The second-order valence-electron chi connectivity index (χ2n) is 7.93. The number of imidazole rings is 1. The molecule has 2 aromatic heterocycles. The number of rotatable bonds is 6. The van der Waals surface area contributed by atoms with E-state index in [1.54, 1.807) is 0 Å². The monoisotopic (exact) mass is 471 g/mol. The number of benzene rings is 1. The number of alkyl halides is 6. The van der Waals surface area contributed by atoms with Crippen LogP contribution in [0.25, 0.3) is 5.69 Å². The number of nitrogens with zero attached hydrogens (tertiary/aromatic N) is 5.